The summed E-state index contributed by atoms with van der Waals surface area (Å²) in [7, 11) is 8.03. The van der Waals surface area contributed by atoms with Crippen LogP contribution in [0.25, 0.3) is 0 Å². The van der Waals surface area contributed by atoms with Crippen molar-refractivity contribution in [3.63, 3.8) is 0 Å². The molecule has 0 fully saturated rings. The van der Waals surface area contributed by atoms with Gasteiger partial charge in [0.2, 0.25) is 6.41 Å². The number of nitrogens with zero attached hydrogens (tertiary/aromatic N) is 3. The van der Waals surface area contributed by atoms with Crippen molar-refractivity contribution in [1.29, 1.82) is 0 Å². The van der Waals surface area contributed by atoms with Gasteiger partial charge >= 0.3 is 0 Å². The van der Waals surface area contributed by atoms with E-state index in [0.29, 0.717) is 0 Å². The third-order valence-electron chi connectivity index (χ3n) is 2.73. The molecule has 0 N–H and O–H groups in total. The molecule has 0 aromatic rings. The van der Waals surface area contributed by atoms with Crippen molar-refractivity contribution in [2.24, 2.45) is 0 Å². The first kappa shape index (κ1) is 14.4. The molecule has 0 aliphatic carbocycles. The van der Waals surface area contributed by atoms with Gasteiger partial charge in [-0.2, -0.15) is 0 Å². The van der Waals surface area contributed by atoms with E-state index in [4.69, 9.17) is 0 Å². The third kappa shape index (κ3) is 3.80. The molecule has 0 spiro atoms. The van der Waals surface area contributed by atoms with Crippen molar-refractivity contribution in [3.8, 4) is 0 Å². The highest BCUT2D eigenvalue weighted by atomic mass is 16.1. The van der Waals surface area contributed by atoms with Crippen molar-refractivity contribution in [2.45, 2.75) is 39.0 Å². The first-order valence-electron chi connectivity index (χ1n) is 5.55. The first-order chi connectivity index (χ1) is 6.99. The predicted octanol–water partition coefficient (Wildman–Crippen LogP) is 1.04. The van der Waals surface area contributed by atoms with Crippen LogP contribution < -0.4 is 0 Å². The van der Waals surface area contributed by atoms with E-state index in [1.54, 1.807) is 0 Å². The van der Waals surface area contributed by atoms with Gasteiger partial charge in [0.1, 0.15) is 0 Å². The highest BCUT2D eigenvalue weighted by molar-refractivity contribution is 5.48. The van der Waals surface area contributed by atoms with Crippen molar-refractivity contribution in [1.82, 2.24) is 14.7 Å². The van der Waals surface area contributed by atoms with Gasteiger partial charge in [0, 0.05) is 0 Å². The number of carbonyl (C=O) groups is 1. The molecule has 0 saturated carbocycles. The van der Waals surface area contributed by atoms with E-state index in [1.165, 1.54) is 0 Å². The Morgan fingerprint density at radius 1 is 0.933 bits per heavy atom. The lowest BCUT2D eigenvalue weighted by molar-refractivity contribution is -0.131. The topological polar surface area (TPSA) is 26.8 Å². The van der Waals surface area contributed by atoms with E-state index in [9.17, 15) is 4.79 Å². The van der Waals surface area contributed by atoms with E-state index in [0.717, 1.165) is 19.3 Å². The van der Waals surface area contributed by atoms with Gasteiger partial charge in [0.25, 0.3) is 0 Å². The highest BCUT2D eigenvalue weighted by Gasteiger charge is 2.25. The standard InChI is InChI=1S/C11H25N3O/c1-7-10(12(3)4)14(9-15)11(8-2)13(5)6/h9-11H,7-8H2,1-6H3. The minimum Gasteiger partial charge on any atom is -0.314 e. The second-order valence-electron chi connectivity index (χ2n) is 4.26. The number of amides is 1. The molecule has 0 aliphatic heterocycles. The molecule has 15 heavy (non-hydrogen) atoms. The maximum Gasteiger partial charge on any atom is 0.212 e. The minimum absolute atomic E-state index is 0.176. The molecule has 90 valence electrons. The van der Waals surface area contributed by atoms with Gasteiger partial charge in [-0.25, -0.2) is 0 Å². The van der Waals surface area contributed by atoms with Gasteiger partial charge in [-0.1, -0.05) is 13.8 Å². The maximum atomic E-state index is 11.2. The van der Waals surface area contributed by atoms with Crippen LogP contribution in [0, 0.1) is 0 Å². The van der Waals surface area contributed by atoms with Crippen LogP contribution in [0.3, 0.4) is 0 Å². The van der Waals surface area contributed by atoms with E-state index in [-0.39, 0.29) is 12.3 Å². The Morgan fingerprint density at radius 2 is 1.27 bits per heavy atom. The molecule has 1 amide bonds. The molecule has 2 atom stereocenters. The van der Waals surface area contributed by atoms with Crippen molar-refractivity contribution in [3.05, 3.63) is 0 Å². The van der Waals surface area contributed by atoms with Crippen LogP contribution in [0.4, 0.5) is 0 Å². The number of hydrogen-bond donors (Lipinski definition) is 0. The van der Waals surface area contributed by atoms with Crippen molar-refractivity contribution in [2.75, 3.05) is 28.2 Å². The average Bonchev–Trinajstić information content (AvgIpc) is 2.16. The van der Waals surface area contributed by atoms with Crippen LogP contribution in [0.2, 0.25) is 0 Å². The fourth-order valence-corrected chi connectivity index (χ4v) is 2.02. The highest BCUT2D eigenvalue weighted by Crippen LogP contribution is 2.13. The summed E-state index contributed by atoms with van der Waals surface area (Å²) < 4.78 is 0. The molecule has 0 radical (unpaired) electrons. The van der Waals surface area contributed by atoms with Crippen LogP contribution in [-0.4, -0.2) is 61.6 Å². The number of carbonyl (C=O) groups excluding carboxylic acids is 1. The van der Waals surface area contributed by atoms with Crippen LogP contribution in [0.15, 0.2) is 0 Å². The molecule has 0 rings (SSSR count). The molecule has 0 aromatic carbocycles. The Kier molecular flexibility index (Phi) is 6.52. The van der Waals surface area contributed by atoms with Gasteiger partial charge in [-0.3, -0.25) is 14.6 Å². The van der Waals surface area contributed by atoms with E-state index >= 15 is 0 Å². The van der Waals surface area contributed by atoms with Crippen molar-refractivity contribution >= 4 is 6.41 Å². The zero-order valence-corrected chi connectivity index (χ0v) is 10.9. The molecule has 0 bridgehead atoms. The molecule has 0 aromatic heterocycles. The summed E-state index contributed by atoms with van der Waals surface area (Å²) in [4.78, 5) is 17.2. The van der Waals surface area contributed by atoms with Gasteiger partial charge < -0.3 is 4.90 Å². The first-order valence-corrected chi connectivity index (χ1v) is 5.55. The fourth-order valence-electron chi connectivity index (χ4n) is 2.02. The summed E-state index contributed by atoms with van der Waals surface area (Å²) in [6.45, 7) is 4.20. The minimum atomic E-state index is 0.176. The summed E-state index contributed by atoms with van der Waals surface area (Å²) in [5.74, 6) is 0. The SMILES string of the molecule is CCC(N(C)C)N(C=O)C(CC)N(C)C. The monoisotopic (exact) mass is 215 g/mol. The van der Waals surface area contributed by atoms with Crippen LogP contribution in [0.5, 0.6) is 0 Å². The maximum absolute atomic E-state index is 11.2. The average molecular weight is 215 g/mol. The summed E-state index contributed by atoms with van der Waals surface area (Å²) in [5, 5.41) is 0. The van der Waals surface area contributed by atoms with Crippen LogP contribution in [0.1, 0.15) is 26.7 Å². The Balaban J connectivity index is 4.76. The van der Waals surface area contributed by atoms with Gasteiger partial charge in [-0.05, 0) is 41.0 Å². The number of hydrogen-bond acceptors (Lipinski definition) is 3. The van der Waals surface area contributed by atoms with E-state index < -0.39 is 0 Å². The summed E-state index contributed by atoms with van der Waals surface area (Å²) in [6, 6.07) is 0. The van der Waals surface area contributed by atoms with Crippen molar-refractivity contribution < 1.29 is 4.79 Å². The van der Waals surface area contributed by atoms with Crippen LogP contribution >= 0.6 is 0 Å². The molecular formula is C11H25N3O. The Morgan fingerprint density at radius 3 is 1.40 bits per heavy atom. The number of rotatable bonds is 7. The zero-order valence-electron chi connectivity index (χ0n) is 10.9. The zero-order chi connectivity index (χ0) is 12.0. The molecule has 4 nitrogen and oxygen atoms in total. The Hall–Kier alpha value is -0.610. The lowest BCUT2D eigenvalue weighted by atomic mass is 10.2. The van der Waals surface area contributed by atoms with Gasteiger partial charge in [0.05, 0.1) is 12.3 Å². The third-order valence-corrected chi connectivity index (χ3v) is 2.73. The molecule has 4 heteroatoms. The van der Waals surface area contributed by atoms with Gasteiger partial charge in [0.15, 0.2) is 0 Å². The normalized spacial score (nSPS) is 15.5. The van der Waals surface area contributed by atoms with Crippen LogP contribution in [-0.2, 0) is 4.79 Å². The van der Waals surface area contributed by atoms with Gasteiger partial charge in [-0.15, -0.1) is 0 Å². The predicted molar refractivity (Wildman–Crippen MR) is 63.4 cm³/mol. The van der Waals surface area contributed by atoms with E-state index in [2.05, 4.69) is 23.6 Å². The second kappa shape index (κ2) is 6.80. The summed E-state index contributed by atoms with van der Waals surface area (Å²) >= 11 is 0. The summed E-state index contributed by atoms with van der Waals surface area (Å²) in [5.41, 5.74) is 0. The molecular weight excluding hydrogens is 190 g/mol. The lowest BCUT2D eigenvalue weighted by Gasteiger charge is -2.40. The fraction of sp³-hybridized carbons (Fsp3) is 0.909. The van der Waals surface area contributed by atoms with E-state index in [1.807, 2.05) is 33.1 Å². The molecule has 0 aliphatic rings. The summed E-state index contributed by atoms with van der Waals surface area (Å²) in [6.07, 6.45) is 3.19. The quantitative estimate of drug-likeness (QED) is 0.469. The second-order valence-corrected chi connectivity index (χ2v) is 4.26. The Labute approximate surface area is 93.8 Å². The molecule has 0 heterocycles. The largest absolute Gasteiger partial charge is 0.314 e. The molecule has 2 unspecified atom stereocenters. The smallest absolute Gasteiger partial charge is 0.212 e. The Bertz CT molecular complexity index is 167. The lowest BCUT2D eigenvalue weighted by Crippen LogP contribution is -2.53. The molecule has 0 saturated heterocycles.